The monoisotopic (exact) mass is 438 g/mol. The summed E-state index contributed by atoms with van der Waals surface area (Å²) in [6.45, 7) is 3.34. The highest BCUT2D eigenvalue weighted by Gasteiger charge is 2.31. The number of hydrogen-bond donors (Lipinski definition) is 0. The minimum Gasteiger partial charge on any atom is -0.497 e. The number of hydrogen-bond acceptors (Lipinski definition) is 7. The van der Waals surface area contributed by atoms with E-state index in [-0.39, 0.29) is 23.7 Å². The molecule has 8 nitrogen and oxygen atoms in total. The molecule has 1 aliphatic heterocycles. The van der Waals surface area contributed by atoms with Gasteiger partial charge in [0.1, 0.15) is 11.8 Å². The Hall–Kier alpha value is -3.35. The molecule has 2 aromatic carbocycles. The molecule has 0 aliphatic carbocycles. The molecular formula is C22H22N4O4S. The van der Waals surface area contributed by atoms with E-state index in [1.54, 1.807) is 24.3 Å². The molecule has 0 N–H and O–H groups in total. The molecule has 0 spiro atoms. The molecular weight excluding hydrogens is 416 g/mol. The average molecular weight is 439 g/mol. The van der Waals surface area contributed by atoms with E-state index < -0.39 is 10.0 Å². The molecule has 0 atom stereocenters. The Kier molecular flexibility index (Phi) is 5.67. The van der Waals surface area contributed by atoms with Crippen molar-refractivity contribution in [3.8, 4) is 23.3 Å². The maximum Gasteiger partial charge on any atom is 0.243 e. The highest BCUT2D eigenvalue weighted by atomic mass is 32.2. The quantitative estimate of drug-likeness (QED) is 0.604. The Labute approximate surface area is 181 Å². The molecule has 0 amide bonds. The van der Waals surface area contributed by atoms with Crippen molar-refractivity contribution in [3.05, 3.63) is 59.8 Å². The molecule has 4 rings (SSSR count). The third kappa shape index (κ3) is 4.13. The number of nitriles is 1. The standard InChI is InChI=1S/C22H22N4O4S/c1-16-3-5-17(6-4-16)21-24-20(15-23)22(30-21)25-11-13-26(14-12-25)31(27,28)19-9-7-18(29-2)8-10-19/h3-10H,11-14H2,1-2H3. The van der Waals surface area contributed by atoms with Crippen molar-refractivity contribution in [2.75, 3.05) is 38.2 Å². The van der Waals surface area contributed by atoms with Gasteiger partial charge in [0, 0.05) is 31.7 Å². The largest absolute Gasteiger partial charge is 0.497 e. The number of ether oxygens (including phenoxy) is 1. The summed E-state index contributed by atoms with van der Waals surface area (Å²) in [5, 5.41) is 9.51. The van der Waals surface area contributed by atoms with Crippen molar-refractivity contribution < 1.29 is 17.6 Å². The number of anilines is 1. The smallest absolute Gasteiger partial charge is 0.243 e. The predicted molar refractivity (Wildman–Crippen MR) is 115 cm³/mol. The van der Waals surface area contributed by atoms with Crippen LogP contribution in [0.1, 0.15) is 11.3 Å². The number of methoxy groups -OCH3 is 1. The first-order chi connectivity index (χ1) is 14.9. The van der Waals surface area contributed by atoms with Crippen LogP contribution >= 0.6 is 0 Å². The fourth-order valence-electron chi connectivity index (χ4n) is 3.45. The minimum absolute atomic E-state index is 0.196. The molecule has 1 aliphatic rings. The zero-order valence-electron chi connectivity index (χ0n) is 17.3. The number of piperazine rings is 1. The Morgan fingerprint density at radius 3 is 2.26 bits per heavy atom. The zero-order valence-corrected chi connectivity index (χ0v) is 18.1. The van der Waals surface area contributed by atoms with Gasteiger partial charge in [0.2, 0.25) is 27.5 Å². The van der Waals surface area contributed by atoms with Gasteiger partial charge in [-0.05, 0) is 43.3 Å². The van der Waals surface area contributed by atoms with Gasteiger partial charge in [-0.25, -0.2) is 8.42 Å². The van der Waals surface area contributed by atoms with E-state index in [9.17, 15) is 13.7 Å². The first kappa shape index (κ1) is 20.9. The first-order valence-corrected chi connectivity index (χ1v) is 11.2. The number of aryl methyl sites for hydroxylation is 1. The molecule has 0 radical (unpaired) electrons. The van der Waals surface area contributed by atoms with Crippen LogP contribution in [0.15, 0.2) is 57.8 Å². The van der Waals surface area contributed by atoms with Gasteiger partial charge in [-0.3, -0.25) is 0 Å². The summed E-state index contributed by atoms with van der Waals surface area (Å²) >= 11 is 0. The number of rotatable bonds is 5. The van der Waals surface area contributed by atoms with Gasteiger partial charge in [0.25, 0.3) is 0 Å². The Morgan fingerprint density at radius 2 is 1.68 bits per heavy atom. The predicted octanol–water partition coefficient (Wildman–Crippen LogP) is 3.04. The normalized spacial score (nSPS) is 14.9. The fourth-order valence-corrected chi connectivity index (χ4v) is 4.87. The molecule has 1 fully saturated rings. The summed E-state index contributed by atoms with van der Waals surface area (Å²) in [6.07, 6.45) is 0. The van der Waals surface area contributed by atoms with E-state index in [0.717, 1.165) is 11.1 Å². The van der Waals surface area contributed by atoms with Crippen LogP contribution < -0.4 is 9.64 Å². The first-order valence-electron chi connectivity index (χ1n) is 9.79. The Balaban J connectivity index is 1.51. The topological polar surface area (TPSA) is 99.7 Å². The Bertz CT molecular complexity index is 1200. The number of benzene rings is 2. The summed E-state index contributed by atoms with van der Waals surface area (Å²) in [7, 11) is -2.08. The maximum absolute atomic E-state index is 12.9. The van der Waals surface area contributed by atoms with Crippen LogP contribution in [-0.4, -0.2) is 51.0 Å². The van der Waals surface area contributed by atoms with Crippen LogP contribution in [0.4, 0.5) is 5.88 Å². The Morgan fingerprint density at radius 1 is 1.03 bits per heavy atom. The zero-order chi connectivity index (χ0) is 22.0. The van der Waals surface area contributed by atoms with Crippen molar-refractivity contribution in [3.63, 3.8) is 0 Å². The maximum atomic E-state index is 12.9. The lowest BCUT2D eigenvalue weighted by atomic mass is 10.1. The van der Waals surface area contributed by atoms with Crippen molar-refractivity contribution in [1.29, 1.82) is 5.26 Å². The second-order valence-corrected chi connectivity index (χ2v) is 9.16. The molecule has 31 heavy (non-hydrogen) atoms. The second-order valence-electron chi connectivity index (χ2n) is 7.22. The summed E-state index contributed by atoms with van der Waals surface area (Å²) in [6, 6.07) is 16.1. The van der Waals surface area contributed by atoms with Crippen molar-refractivity contribution >= 4 is 15.9 Å². The molecule has 1 aromatic heterocycles. The lowest BCUT2D eigenvalue weighted by Crippen LogP contribution is -2.48. The van der Waals surface area contributed by atoms with Crippen molar-refractivity contribution in [2.45, 2.75) is 11.8 Å². The van der Waals surface area contributed by atoms with Crippen LogP contribution in [0.2, 0.25) is 0 Å². The lowest BCUT2D eigenvalue weighted by Gasteiger charge is -2.33. The lowest BCUT2D eigenvalue weighted by molar-refractivity contribution is 0.374. The van der Waals surface area contributed by atoms with Gasteiger partial charge in [0.05, 0.1) is 12.0 Å². The summed E-state index contributed by atoms with van der Waals surface area (Å²) < 4.78 is 38.3. The molecule has 160 valence electrons. The van der Waals surface area contributed by atoms with Gasteiger partial charge in [-0.15, -0.1) is 0 Å². The number of sulfonamides is 1. The van der Waals surface area contributed by atoms with Crippen LogP contribution in [0.5, 0.6) is 5.75 Å². The van der Waals surface area contributed by atoms with Crippen LogP contribution in [0, 0.1) is 18.3 Å². The molecule has 0 saturated carbocycles. The molecule has 1 saturated heterocycles. The van der Waals surface area contributed by atoms with Crippen LogP contribution in [0.25, 0.3) is 11.5 Å². The van der Waals surface area contributed by atoms with E-state index >= 15 is 0 Å². The van der Waals surface area contributed by atoms with E-state index in [0.29, 0.717) is 30.6 Å². The van der Waals surface area contributed by atoms with E-state index in [1.807, 2.05) is 36.1 Å². The molecule has 0 bridgehead atoms. The third-order valence-corrected chi connectivity index (χ3v) is 7.15. The van der Waals surface area contributed by atoms with Crippen molar-refractivity contribution in [1.82, 2.24) is 9.29 Å². The van der Waals surface area contributed by atoms with E-state index in [2.05, 4.69) is 11.1 Å². The second kappa shape index (κ2) is 8.41. The number of aromatic nitrogens is 1. The SMILES string of the molecule is COc1ccc(S(=O)(=O)N2CCN(c3oc(-c4ccc(C)cc4)nc3C#N)CC2)cc1. The molecule has 2 heterocycles. The summed E-state index contributed by atoms with van der Waals surface area (Å²) in [5.74, 6) is 1.35. The van der Waals surface area contributed by atoms with E-state index in [1.165, 1.54) is 11.4 Å². The molecule has 0 unspecified atom stereocenters. The van der Waals surface area contributed by atoms with Gasteiger partial charge < -0.3 is 14.1 Å². The van der Waals surface area contributed by atoms with Crippen LogP contribution in [-0.2, 0) is 10.0 Å². The highest BCUT2D eigenvalue weighted by Crippen LogP contribution is 2.30. The average Bonchev–Trinajstić information content (AvgIpc) is 3.24. The third-order valence-electron chi connectivity index (χ3n) is 5.24. The van der Waals surface area contributed by atoms with Gasteiger partial charge >= 0.3 is 0 Å². The minimum atomic E-state index is -3.61. The summed E-state index contributed by atoms with van der Waals surface area (Å²) in [4.78, 5) is 6.41. The van der Waals surface area contributed by atoms with Gasteiger partial charge in [-0.2, -0.15) is 14.6 Å². The van der Waals surface area contributed by atoms with Crippen molar-refractivity contribution in [2.24, 2.45) is 0 Å². The fraction of sp³-hybridized carbons (Fsp3) is 0.273. The number of nitrogens with zero attached hydrogens (tertiary/aromatic N) is 4. The molecule has 9 heteroatoms. The van der Waals surface area contributed by atoms with E-state index in [4.69, 9.17) is 9.15 Å². The number of oxazole rings is 1. The highest BCUT2D eigenvalue weighted by molar-refractivity contribution is 7.89. The van der Waals surface area contributed by atoms with Crippen LogP contribution in [0.3, 0.4) is 0 Å². The van der Waals surface area contributed by atoms with Gasteiger partial charge in [-0.1, -0.05) is 17.7 Å². The summed E-state index contributed by atoms with van der Waals surface area (Å²) in [5.41, 5.74) is 2.10. The molecule has 3 aromatic rings. The van der Waals surface area contributed by atoms with Gasteiger partial charge in [0.15, 0.2) is 0 Å².